The van der Waals surface area contributed by atoms with Gasteiger partial charge < -0.3 is 25.0 Å². The minimum atomic E-state index is -0.767. The highest BCUT2D eigenvalue weighted by Crippen LogP contribution is 2.25. The van der Waals surface area contributed by atoms with Crippen molar-refractivity contribution in [3.05, 3.63) is 29.8 Å². The van der Waals surface area contributed by atoms with Crippen LogP contribution in [0.4, 0.5) is 4.79 Å². The minimum absolute atomic E-state index is 0.0846. The number of amides is 2. The second-order valence-corrected chi connectivity index (χ2v) is 9.22. The van der Waals surface area contributed by atoms with Gasteiger partial charge in [0.15, 0.2) is 0 Å². The fourth-order valence-electron chi connectivity index (χ4n) is 4.50. The van der Waals surface area contributed by atoms with Crippen LogP contribution in [0, 0.1) is 17.2 Å². The third kappa shape index (κ3) is 6.84. The summed E-state index contributed by atoms with van der Waals surface area (Å²) < 4.78 is 11.1. The van der Waals surface area contributed by atoms with E-state index in [1.54, 1.807) is 9.80 Å². The Kier molecular flexibility index (Phi) is 8.95. The molecule has 180 valence electrons. The molecule has 2 aliphatic rings. The molecule has 0 saturated carbocycles. The molecule has 2 aliphatic heterocycles. The van der Waals surface area contributed by atoms with E-state index in [9.17, 15) is 14.9 Å². The van der Waals surface area contributed by atoms with Crippen molar-refractivity contribution in [2.75, 3.05) is 26.2 Å². The number of carbonyl (C=O) groups excluding carboxylic acids is 2. The van der Waals surface area contributed by atoms with Crippen LogP contribution in [0.15, 0.2) is 24.3 Å². The van der Waals surface area contributed by atoms with Gasteiger partial charge in [0.25, 0.3) is 0 Å². The Morgan fingerprint density at radius 1 is 1.15 bits per heavy atom. The molecule has 2 heterocycles. The molecule has 2 N–H and O–H groups in total. The number of hydrogen-bond donors (Lipinski definition) is 1. The molecule has 0 spiro atoms. The second kappa shape index (κ2) is 11.9. The summed E-state index contributed by atoms with van der Waals surface area (Å²) in [6, 6.07) is 8.37. The molecule has 0 aromatic heterocycles. The van der Waals surface area contributed by atoms with Crippen molar-refractivity contribution >= 4 is 12.0 Å². The Hall–Kier alpha value is -2.79. The van der Waals surface area contributed by atoms with E-state index in [1.165, 1.54) is 0 Å². The Bertz CT molecular complexity index is 828. The molecule has 0 aliphatic carbocycles. The zero-order valence-corrected chi connectivity index (χ0v) is 19.7. The fourth-order valence-corrected chi connectivity index (χ4v) is 4.50. The van der Waals surface area contributed by atoms with E-state index in [1.807, 2.05) is 38.1 Å². The first kappa shape index (κ1) is 24.8. The summed E-state index contributed by atoms with van der Waals surface area (Å²) in [5.74, 6) is 1.16. The number of ether oxygens (including phenoxy) is 2. The predicted molar refractivity (Wildman–Crippen MR) is 124 cm³/mol. The van der Waals surface area contributed by atoms with Gasteiger partial charge in [-0.05, 0) is 76.0 Å². The zero-order chi connectivity index (χ0) is 23.8. The van der Waals surface area contributed by atoms with E-state index >= 15 is 0 Å². The third-order valence-corrected chi connectivity index (χ3v) is 6.42. The number of rotatable bonds is 8. The molecule has 8 nitrogen and oxygen atoms in total. The number of piperidine rings is 1. The summed E-state index contributed by atoms with van der Waals surface area (Å²) in [5, 5.41) is 9.20. The quantitative estimate of drug-likeness (QED) is 0.599. The maximum Gasteiger partial charge on any atom is 0.410 e. The van der Waals surface area contributed by atoms with Gasteiger partial charge in [0.2, 0.25) is 5.91 Å². The van der Waals surface area contributed by atoms with E-state index in [-0.39, 0.29) is 24.1 Å². The Morgan fingerprint density at radius 3 is 2.48 bits per heavy atom. The average Bonchev–Trinajstić information content (AvgIpc) is 3.30. The van der Waals surface area contributed by atoms with Gasteiger partial charge in [-0.2, -0.15) is 5.26 Å². The highest BCUT2D eigenvalue weighted by atomic mass is 16.6. The van der Waals surface area contributed by atoms with E-state index < -0.39 is 6.04 Å². The lowest BCUT2D eigenvalue weighted by molar-refractivity contribution is -0.132. The number of likely N-dealkylation sites (tertiary alicyclic amines) is 2. The van der Waals surface area contributed by atoms with Gasteiger partial charge in [0.05, 0.1) is 18.8 Å². The SMILES string of the molecule is CC(C)OC(=O)N1CCC(CCCOc2ccc([C@H](N)C(=O)N3CCC[C@H]3C#N)cc2)CC1. The van der Waals surface area contributed by atoms with Crippen LogP contribution in [0.25, 0.3) is 0 Å². The zero-order valence-electron chi connectivity index (χ0n) is 19.7. The molecule has 2 saturated heterocycles. The molecule has 0 unspecified atom stereocenters. The van der Waals surface area contributed by atoms with Crippen molar-refractivity contribution in [2.24, 2.45) is 11.7 Å². The molecule has 1 aromatic carbocycles. The molecular formula is C25H36N4O4. The van der Waals surface area contributed by atoms with Gasteiger partial charge in [-0.1, -0.05) is 12.1 Å². The van der Waals surface area contributed by atoms with Crippen molar-refractivity contribution in [3.63, 3.8) is 0 Å². The summed E-state index contributed by atoms with van der Waals surface area (Å²) in [7, 11) is 0. The van der Waals surface area contributed by atoms with E-state index in [4.69, 9.17) is 15.2 Å². The molecule has 2 amide bonds. The summed E-state index contributed by atoms with van der Waals surface area (Å²) in [5.41, 5.74) is 6.89. The number of carbonyl (C=O) groups is 2. The smallest absolute Gasteiger partial charge is 0.410 e. The van der Waals surface area contributed by atoms with E-state index in [0.29, 0.717) is 25.5 Å². The highest BCUT2D eigenvalue weighted by Gasteiger charge is 2.32. The van der Waals surface area contributed by atoms with E-state index in [2.05, 4.69) is 6.07 Å². The average molecular weight is 457 g/mol. The molecule has 33 heavy (non-hydrogen) atoms. The molecular weight excluding hydrogens is 420 g/mol. The minimum Gasteiger partial charge on any atom is -0.494 e. The number of nitriles is 1. The van der Waals surface area contributed by atoms with Crippen LogP contribution in [0.5, 0.6) is 5.75 Å². The lowest BCUT2D eigenvalue weighted by Crippen LogP contribution is -2.40. The Morgan fingerprint density at radius 2 is 1.85 bits per heavy atom. The number of hydrogen-bond acceptors (Lipinski definition) is 6. The topological polar surface area (TPSA) is 109 Å². The van der Waals surface area contributed by atoms with Crippen LogP contribution in [-0.4, -0.2) is 60.2 Å². The second-order valence-electron chi connectivity index (χ2n) is 9.22. The van der Waals surface area contributed by atoms with Crippen molar-refractivity contribution in [1.29, 1.82) is 5.26 Å². The van der Waals surface area contributed by atoms with Gasteiger partial charge in [-0.15, -0.1) is 0 Å². The van der Waals surface area contributed by atoms with Gasteiger partial charge in [0.1, 0.15) is 17.8 Å². The first-order chi connectivity index (χ1) is 15.9. The third-order valence-electron chi connectivity index (χ3n) is 6.42. The van der Waals surface area contributed by atoms with Crippen LogP contribution in [0.1, 0.15) is 64.0 Å². The number of nitrogens with two attached hydrogens (primary N) is 1. The van der Waals surface area contributed by atoms with Crippen molar-refractivity contribution in [1.82, 2.24) is 9.80 Å². The van der Waals surface area contributed by atoms with Crippen molar-refractivity contribution in [2.45, 2.75) is 70.6 Å². The number of benzene rings is 1. The van der Waals surface area contributed by atoms with Gasteiger partial charge >= 0.3 is 6.09 Å². The molecule has 3 rings (SSSR count). The van der Waals surface area contributed by atoms with Crippen LogP contribution in [0.3, 0.4) is 0 Å². The Balaban J connectivity index is 1.36. The molecule has 2 atom stereocenters. The van der Waals surface area contributed by atoms with Crippen LogP contribution < -0.4 is 10.5 Å². The van der Waals surface area contributed by atoms with Gasteiger partial charge in [-0.3, -0.25) is 4.79 Å². The maximum absolute atomic E-state index is 12.7. The Labute approximate surface area is 196 Å². The van der Waals surface area contributed by atoms with Crippen molar-refractivity contribution in [3.8, 4) is 11.8 Å². The first-order valence-electron chi connectivity index (χ1n) is 12.0. The largest absolute Gasteiger partial charge is 0.494 e. The monoisotopic (exact) mass is 456 g/mol. The highest BCUT2D eigenvalue weighted by molar-refractivity contribution is 5.84. The summed E-state index contributed by atoms with van der Waals surface area (Å²) in [4.78, 5) is 28.0. The number of nitrogens with zero attached hydrogens (tertiary/aromatic N) is 3. The molecule has 8 heteroatoms. The molecule has 1 aromatic rings. The fraction of sp³-hybridized carbons (Fsp3) is 0.640. The summed E-state index contributed by atoms with van der Waals surface area (Å²) in [6.45, 7) is 6.45. The van der Waals surface area contributed by atoms with Crippen LogP contribution in [0.2, 0.25) is 0 Å². The normalized spacial score (nSPS) is 19.9. The summed E-state index contributed by atoms with van der Waals surface area (Å²) in [6.07, 6.45) is 5.28. The van der Waals surface area contributed by atoms with Gasteiger partial charge in [-0.25, -0.2) is 4.79 Å². The predicted octanol–water partition coefficient (Wildman–Crippen LogP) is 3.62. The maximum atomic E-state index is 12.7. The van der Waals surface area contributed by atoms with Gasteiger partial charge in [0, 0.05) is 19.6 Å². The molecule has 0 bridgehead atoms. The van der Waals surface area contributed by atoms with Crippen LogP contribution >= 0.6 is 0 Å². The lowest BCUT2D eigenvalue weighted by Gasteiger charge is -2.31. The summed E-state index contributed by atoms with van der Waals surface area (Å²) >= 11 is 0. The lowest BCUT2D eigenvalue weighted by atomic mass is 9.92. The molecule has 0 radical (unpaired) electrons. The van der Waals surface area contributed by atoms with Crippen LogP contribution in [-0.2, 0) is 9.53 Å². The van der Waals surface area contributed by atoms with E-state index in [0.717, 1.165) is 56.5 Å². The first-order valence-corrected chi connectivity index (χ1v) is 12.0. The van der Waals surface area contributed by atoms with Crippen molar-refractivity contribution < 1.29 is 19.1 Å². The molecule has 2 fully saturated rings. The standard InChI is InChI=1S/C25H36N4O4/c1-18(2)33-25(31)28-14-11-19(12-15-28)5-4-16-32-22-9-7-20(8-10-22)23(27)24(30)29-13-3-6-21(29)17-26/h7-10,18-19,21,23H,3-6,11-16,27H2,1-2H3/t21-,23-/m0/s1.